The maximum Gasteiger partial charge on any atom is 0.178 e. The van der Waals surface area contributed by atoms with E-state index >= 15 is 0 Å². The summed E-state index contributed by atoms with van der Waals surface area (Å²) in [5, 5.41) is 9.47. The van der Waals surface area contributed by atoms with E-state index in [1.54, 1.807) is 12.1 Å². The topological polar surface area (TPSA) is 57.6 Å². The lowest BCUT2D eigenvalue weighted by Crippen LogP contribution is -2.44. The summed E-state index contributed by atoms with van der Waals surface area (Å²) in [7, 11) is -3.19. The highest BCUT2D eigenvalue weighted by Crippen LogP contribution is 2.28. The first-order chi connectivity index (χ1) is 10.3. The van der Waals surface area contributed by atoms with Crippen LogP contribution in [0.5, 0.6) is 0 Å². The summed E-state index contributed by atoms with van der Waals surface area (Å²) in [6.07, 6.45) is 2.75. The molecule has 1 aromatic rings. The van der Waals surface area contributed by atoms with Gasteiger partial charge in [-0.1, -0.05) is 24.6 Å². The van der Waals surface area contributed by atoms with Crippen LogP contribution in [0.1, 0.15) is 31.7 Å². The van der Waals surface area contributed by atoms with Gasteiger partial charge in [0.25, 0.3) is 0 Å². The fourth-order valence-corrected chi connectivity index (χ4v) is 4.38. The van der Waals surface area contributed by atoms with Gasteiger partial charge in [-0.3, -0.25) is 0 Å². The molecule has 2 rings (SSSR count). The fraction of sp³-hybridized carbons (Fsp3) is 0.647. The molecule has 1 atom stereocenters. The third kappa shape index (κ3) is 4.54. The van der Waals surface area contributed by atoms with E-state index in [0.717, 1.165) is 38.0 Å². The number of aliphatic hydroxyl groups excluding tert-OH is 1. The Labute approximate surface area is 134 Å². The number of rotatable bonds is 6. The number of sulfone groups is 1. The molecule has 4 nitrogen and oxygen atoms in total. The lowest BCUT2D eigenvalue weighted by molar-refractivity contribution is 0.0468. The molecule has 1 N–H and O–H groups in total. The molecule has 1 aliphatic rings. The maximum absolute atomic E-state index is 12.3. The fourth-order valence-electron chi connectivity index (χ4n) is 3.09. The molecule has 0 spiro atoms. The minimum absolute atomic E-state index is 0.0336. The largest absolute Gasteiger partial charge is 0.396 e. The molecule has 0 amide bonds. The molecule has 22 heavy (non-hydrogen) atoms. The molecule has 1 aliphatic heterocycles. The van der Waals surface area contributed by atoms with Crippen LogP contribution in [0.2, 0.25) is 0 Å². The highest BCUT2D eigenvalue weighted by atomic mass is 32.2. The number of aliphatic hydroxyl groups is 1. The van der Waals surface area contributed by atoms with Crippen LogP contribution in [0.15, 0.2) is 29.2 Å². The predicted octanol–water partition coefficient (Wildman–Crippen LogP) is 2.25. The average molecular weight is 325 g/mol. The van der Waals surface area contributed by atoms with Gasteiger partial charge in [-0.15, -0.1) is 0 Å². The van der Waals surface area contributed by atoms with Crippen molar-refractivity contribution in [2.24, 2.45) is 5.41 Å². The Kier molecular flexibility index (Phi) is 5.64. The smallest absolute Gasteiger partial charge is 0.178 e. The first kappa shape index (κ1) is 17.4. The van der Waals surface area contributed by atoms with E-state index in [0.29, 0.717) is 11.3 Å². The first-order valence-electron chi connectivity index (χ1n) is 7.97. The first-order valence-corrected chi connectivity index (χ1v) is 9.63. The zero-order valence-electron chi connectivity index (χ0n) is 13.6. The SMILES string of the molecule is Cc1ccc(S(=O)(=O)CCCN2CCCC(C)(CO)C2)cc1. The van der Waals surface area contributed by atoms with Gasteiger partial charge < -0.3 is 10.0 Å². The van der Waals surface area contributed by atoms with E-state index in [2.05, 4.69) is 11.8 Å². The van der Waals surface area contributed by atoms with Gasteiger partial charge in [0.2, 0.25) is 0 Å². The van der Waals surface area contributed by atoms with Crippen LogP contribution in [-0.2, 0) is 9.84 Å². The van der Waals surface area contributed by atoms with Gasteiger partial charge in [-0.2, -0.15) is 0 Å². The van der Waals surface area contributed by atoms with Crippen LogP contribution < -0.4 is 0 Å². The Balaban J connectivity index is 1.86. The Hall–Kier alpha value is -0.910. The van der Waals surface area contributed by atoms with Crippen molar-refractivity contribution in [1.82, 2.24) is 4.90 Å². The van der Waals surface area contributed by atoms with E-state index < -0.39 is 9.84 Å². The van der Waals surface area contributed by atoms with E-state index in [-0.39, 0.29) is 17.8 Å². The number of aryl methyl sites for hydroxylation is 1. The molecule has 0 saturated carbocycles. The lowest BCUT2D eigenvalue weighted by atomic mass is 9.83. The Bertz CT molecular complexity index is 582. The van der Waals surface area contributed by atoms with E-state index in [9.17, 15) is 13.5 Å². The van der Waals surface area contributed by atoms with Gasteiger partial charge in [0.15, 0.2) is 9.84 Å². The van der Waals surface area contributed by atoms with Crippen LogP contribution in [0.3, 0.4) is 0 Å². The maximum atomic E-state index is 12.3. The van der Waals surface area contributed by atoms with Crippen molar-refractivity contribution in [2.45, 2.75) is 38.0 Å². The summed E-state index contributed by atoms with van der Waals surface area (Å²) in [6, 6.07) is 7.05. The number of hydrogen-bond acceptors (Lipinski definition) is 4. The van der Waals surface area contributed by atoms with E-state index in [1.165, 1.54) is 0 Å². The van der Waals surface area contributed by atoms with Gasteiger partial charge in [0.05, 0.1) is 10.6 Å². The van der Waals surface area contributed by atoms with Crippen molar-refractivity contribution in [3.63, 3.8) is 0 Å². The molecular weight excluding hydrogens is 298 g/mol. The van der Waals surface area contributed by atoms with Crippen LogP contribution in [0.25, 0.3) is 0 Å². The van der Waals surface area contributed by atoms with E-state index in [4.69, 9.17) is 0 Å². The minimum Gasteiger partial charge on any atom is -0.396 e. The normalized spacial score (nSPS) is 23.6. The summed E-state index contributed by atoms with van der Waals surface area (Å²) in [5.41, 5.74) is 1.03. The Morgan fingerprint density at radius 3 is 2.59 bits per heavy atom. The molecule has 1 heterocycles. The Morgan fingerprint density at radius 1 is 1.27 bits per heavy atom. The average Bonchev–Trinajstić information content (AvgIpc) is 2.48. The summed E-state index contributed by atoms with van der Waals surface area (Å²) < 4.78 is 24.6. The molecule has 1 aromatic carbocycles. The molecule has 0 bridgehead atoms. The summed E-state index contributed by atoms with van der Waals surface area (Å²) in [5.74, 6) is 0.183. The van der Waals surface area contributed by atoms with E-state index in [1.807, 2.05) is 19.1 Å². The number of piperidine rings is 1. The highest BCUT2D eigenvalue weighted by molar-refractivity contribution is 7.91. The molecule has 1 fully saturated rings. The monoisotopic (exact) mass is 325 g/mol. The van der Waals surface area contributed by atoms with Crippen LogP contribution in [0.4, 0.5) is 0 Å². The third-order valence-electron chi connectivity index (χ3n) is 4.51. The van der Waals surface area contributed by atoms with Crippen molar-refractivity contribution in [3.05, 3.63) is 29.8 Å². The quantitative estimate of drug-likeness (QED) is 0.871. The minimum atomic E-state index is -3.19. The van der Waals surface area contributed by atoms with Crippen molar-refractivity contribution in [3.8, 4) is 0 Å². The predicted molar refractivity (Wildman–Crippen MR) is 88.7 cm³/mol. The van der Waals surface area contributed by atoms with Gasteiger partial charge in [0, 0.05) is 18.6 Å². The molecular formula is C17H27NO3S. The third-order valence-corrected chi connectivity index (χ3v) is 6.33. The van der Waals surface area contributed by atoms with Gasteiger partial charge in [-0.05, 0) is 51.4 Å². The molecule has 0 aromatic heterocycles. The standard InChI is InChI=1S/C17H27NO3S/c1-15-5-7-16(8-6-15)22(20,21)12-4-11-18-10-3-9-17(2,13-18)14-19/h5-8,19H,3-4,9-14H2,1-2H3. The molecule has 1 unspecified atom stereocenters. The van der Waals surface area contributed by atoms with Gasteiger partial charge >= 0.3 is 0 Å². The van der Waals surface area contributed by atoms with Gasteiger partial charge in [-0.25, -0.2) is 8.42 Å². The number of hydrogen-bond donors (Lipinski definition) is 1. The van der Waals surface area contributed by atoms with Gasteiger partial charge in [0.1, 0.15) is 0 Å². The lowest BCUT2D eigenvalue weighted by Gasteiger charge is -2.39. The van der Waals surface area contributed by atoms with Crippen LogP contribution in [0, 0.1) is 12.3 Å². The summed E-state index contributed by atoms with van der Waals surface area (Å²) >= 11 is 0. The van der Waals surface area contributed by atoms with Crippen LogP contribution >= 0.6 is 0 Å². The Morgan fingerprint density at radius 2 is 1.95 bits per heavy atom. The second-order valence-corrected chi connectivity index (χ2v) is 8.94. The summed E-state index contributed by atoms with van der Waals surface area (Å²) in [6.45, 7) is 6.88. The molecule has 1 saturated heterocycles. The molecule has 5 heteroatoms. The summed E-state index contributed by atoms with van der Waals surface area (Å²) in [4.78, 5) is 2.70. The number of nitrogens with zero attached hydrogens (tertiary/aromatic N) is 1. The van der Waals surface area contributed by atoms with Crippen molar-refractivity contribution in [1.29, 1.82) is 0 Å². The van der Waals surface area contributed by atoms with Crippen molar-refractivity contribution >= 4 is 9.84 Å². The zero-order chi connectivity index (χ0) is 16.2. The number of likely N-dealkylation sites (tertiary alicyclic amines) is 1. The highest BCUT2D eigenvalue weighted by Gasteiger charge is 2.30. The molecule has 0 aliphatic carbocycles. The molecule has 124 valence electrons. The molecule has 0 radical (unpaired) electrons. The van der Waals surface area contributed by atoms with Crippen molar-refractivity contribution < 1.29 is 13.5 Å². The van der Waals surface area contributed by atoms with Crippen LogP contribution in [-0.4, -0.2) is 50.4 Å². The van der Waals surface area contributed by atoms with Crippen molar-refractivity contribution in [2.75, 3.05) is 32.0 Å². The zero-order valence-corrected chi connectivity index (χ0v) is 14.4. The number of benzene rings is 1. The second-order valence-electron chi connectivity index (χ2n) is 6.83. The second kappa shape index (κ2) is 7.11.